The van der Waals surface area contributed by atoms with Crippen molar-refractivity contribution < 1.29 is 19.1 Å². The fraction of sp³-hybridized carbons (Fsp3) is 0.100. The van der Waals surface area contributed by atoms with Gasteiger partial charge in [0, 0.05) is 25.3 Å². The number of fused-ring (bicyclic) bond motifs is 2. The summed E-state index contributed by atoms with van der Waals surface area (Å²) < 4.78 is 13.8. The van der Waals surface area contributed by atoms with E-state index >= 15 is 0 Å². The Morgan fingerprint density at radius 3 is 2.42 bits per heavy atom. The van der Waals surface area contributed by atoms with Crippen molar-refractivity contribution in [3.63, 3.8) is 0 Å². The first-order valence-corrected chi connectivity index (χ1v) is 12.0. The molecule has 1 unspecified atom stereocenters. The van der Waals surface area contributed by atoms with E-state index in [0.717, 1.165) is 16.5 Å². The van der Waals surface area contributed by atoms with E-state index in [1.165, 1.54) is 23.1 Å². The van der Waals surface area contributed by atoms with Crippen LogP contribution < -0.4 is 9.80 Å². The molecular weight excluding hydrogens is 483 g/mol. The van der Waals surface area contributed by atoms with E-state index in [2.05, 4.69) is 9.97 Å². The van der Waals surface area contributed by atoms with Crippen molar-refractivity contribution in [2.45, 2.75) is 6.04 Å². The van der Waals surface area contributed by atoms with Crippen molar-refractivity contribution >= 4 is 50.9 Å². The number of rotatable bonds is 4. The smallest absolute Gasteiger partial charge is 0.302 e. The largest absolute Gasteiger partial charge is 0.507 e. The third-order valence-corrected chi connectivity index (χ3v) is 6.85. The van der Waals surface area contributed by atoms with Gasteiger partial charge in [-0.2, -0.15) is 0 Å². The highest BCUT2D eigenvalue weighted by molar-refractivity contribution is 6.51. The number of amides is 1. The first kappa shape index (κ1) is 23.4. The molecule has 1 atom stereocenters. The highest BCUT2D eigenvalue weighted by Gasteiger charge is 2.48. The van der Waals surface area contributed by atoms with Crippen molar-refractivity contribution in [2.75, 3.05) is 23.9 Å². The van der Waals surface area contributed by atoms with Crippen LogP contribution >= 0.6 is 0 Å². The van der Waals surface area contributed by atoms with Gasteiger partial charge < -0.3 is 15.0 Å². The number of carbonyl (C=O) groups is 2. The fourth-order valence-electron chi connectivity index (χ4n) is 4.90. The second-order valence-electron chi connectivity index (χ2n) is 9.44. The van der Waals surface area contributed by atoms with Crippen molar-refractivity contribution in [1.82, 2.24) is 9.97 Å². The number of carbonyl (C=O) groups excluding carboxylic acids is 2. The van der Waals surface area contributed by atoms with Gasteiger partial charge in [0.2, 0.25) is 5.95 Å². The van der Waals surface area contributed by atoms with Gasteiger partial charge in [-0.15, -0.1) is 0 Å². The van der Waals surface area contributed by atoms with Gasteiger partial charge in [-0.25, -0.2) is 9.37 Å². The monoisotopic (exact) mass is 506 g/mol. The highest BCUT2D eigenvalue weighted by atomic mass is 19.1. The number of ketones is 1. The first-order chi connectivity index (χ1) is 18.3. The number of imidazole rings is 1. The predicted octanol–water partition coefficient (Wildman–Crippen LogP) is 5.55. The first-order valence-electron chi connectivity index (χ1n) is 12.0. The number of aromatic amines is 1. The van der Waals surface area contributed by atoms with Gasteiger partial charge in [0.05, 0.1) is 22.6 Å². The molecule has 2 N–H and O–H groups in total. The van der Waals surface area contributed by atoms with Crippen LogP contribution in [-0.4, -0.2) is 40.9 Å². The molecule has 1 aliphatic rings. The molecule has 8 heteroatoms. The minimum absolute atomic E-state index is 0.0467. The Kier molecular flexibility index (Phi) is 5.45. The quantitative estimate of drug-likeness (QED) is 0.190. The summed E-state index contributed by atoms with van der Waals surface area (Å²) in [5.41, 5.74) is 2.75. The van der Waals surface area contributed by atoms with Crippen LogP contribution in [0.15, 0.2) is 90.5 Å². The summed E-state index contributed by atoms with van der Waals surface area (Å²) in [5.74, 6) is -2.31. The predicted molar refractivity (Wildman–Crippen MR) is 146 cm³/mol. The third kappa shape index (κ3) is 3.78. The molecule has 188 valence electrons. The Balaban J connectivity index is 1.55. The molecule has 0 saturated carbocycles. The summed E-state index contributed by atoms with van der Waals surface area (Å²) in [7, 11) is 3.82. The van der Waals surface area contributed by atoms with Crippen LogP contribution in [0.5, 0.6) is 0 Å². The number of Topliss-reactive ketones (excluding diaryl/α,β-unsaturated/α-hetero) is 1. The second kappa shape index (κ2) is 8.85. The molecule has 5 aromatic rings. The number of aromatic nitrogens is 2. The topological polar surface area (TPSA) is 89.5 Å². The Labute approximate surface area is 217 Å². The summed E-state index contributed by atoms with van der Waals surface area (Å²) in [6.45, 7) is 0. The molecule has 38 heavy (non-hydrogen) atoms. The van der Waals surface area contributed by atoms with Gasteiger partial charge in [-0.05, 0) is 52.7 Å². The lowest BCUT2D eigenvalue weighted by Crippen LogP contribution is -2.30. The molecule has 0 spiro atoms. The molecule has 0 radical (unpaired) electrons. The van der Waals surface area contributed by atoms with Crippen LogP contribution in [-0.2, 0) is 9.59 Å². The van der Waals surface area contributed by atoms with Gasteiger partial charge in [0.15, 0.2) is 0 Å². The highest BCUT2D eigenvalue weighted by Crippen LogP contribution is 2.42. The van der Waals surface area contributed by atoms with E-state index in [4.69, 9.17) is 0 Å². The van der Waals surface area contributed by atoms with Gasteiger partial charge in [-0.3, -0.25) is 14.5 Å². The Morgan fingerprint density at radius 1 is 0.947 bits per heavy atom. The van der Waals surface area contributed by atoms with E-state index in [-0.39, 0.29) is 17.3 Å². The SMILES string of the molecule is CN(C)c1ccc(C2/C(=C(\O)c3ccc4ccccc4c3)C(=O)C(=O)N2c2nc3ccc(F)cc3[nH]2)cc1. The maximum atomic E-state index is 13.8. The molecule has 0 aliphatic carbocycles. The molecule has 1 amide bonds. The van der Waals surface area contributed by atoms with Crippen molar-refractivity contribution in [1.29, 1.82) is 0 Å². The second-order valence-corrected chi connectivity index (χ2v) is 9.44. The molecule has 1 aromatic heterocycles. The zero-order valence-electron chi connectivity index (χ0n) is 20.6. The number of nitrogens with zero attached hydrogens (tertiary/aromatic N) is 3. The molecular formula is C30H23FN4O3. The summed E-state index contributed by atoms with van der Waals surface area (Å²) in [6, 6.07) is 23.5. The number of aliphatic hydroxyl groups excluding tert-OH is 1. The van der Waals surface area contributed by atoms with E-state index < -0.39 is 23.5 Å². The van der Waals surface area contributed by atoms with E-state index in [9.17, 15) is 19.1 Å². The van der Waals surface area contributed by atoms with Gasteiger partial charge >= 0.3 is 5.91 Å². The lowest BCUT2D eigenvalue weighted by atomic mass is 9.94. The molecule has 2 heterocycles. The average Bonchev–Trinajstić information content (AvgIpc) is 3.45. The van der Waals surface area contributed by atoms with Gasteiger partial charge in [0.1, 0.15) is 11.6 Å². The number of hydrogen-bond donors (Lipinski definition) is 2. The molecule has 4 aromatic carbocycles. The van der Waals surface area contributed by atoms with Crippen LogP contribution in [0.25, 0.3) is 27.6 Å². The summed E-state index contributed by atoms with van der Waals surface area (Å²) in [6.07, 6.45) is 0. The van der Waals surface area contributed by atoms with Crippen LogP contribution in [0.3, 0.4) is 0 Å². The summed E-state index contributed by atoms with van der Waals surface area (Å²) in [4.78, 5) is 37.5. The molecule has 6 rings (SSSR count). The minimum atomic E-state index is -0.955. The number of halogens is 1. The molecule has 0 bridgehead atoms. The molecule has 7 nitrogen and oxygen atoms in total. The Hall–Kier alpha value is -4.98. The third-order valence-electron chi connectivity index (χ3n) is 6.85. The minimum Gasteiger partial charge on any atom is -0.507 e. The number of aliphatic hydroxyl groups is 1. The Morgan fingerprint density at radius 2 is 1.68 bits per heavy atom. The lowest BCUT2D eigenvalue weighted by Gasteiger charge is -2.24. The molecule has 1 saturated heterocycles. The lowest BCUT2D eigenvalue weighted by molar-refractivity contribution is -0.132. The van der Waals surface area contributed by atoms with Gasteiger partial charge in [-0.1, -0.05) is 48.5 Å². The number of anilines is 2. The summed E-state index contributed by atoms with van der Waals surface area (Å²) >= 11 is 0. The maximum Gasteiger partial charge on any atom is 0.302 e. The van der Waals surface area contributed by atoms with Crippen LogP contribution in [0.2, 0.25) is 0 Å². The van der Waals surface area contributed by atoms with Crippen molar-refractivity contribution in [2.24, 2.45) is 0 Å². The van der Waals surface area contributed by atoms with E-state index in [1.807, 2.05) is 73.6 Å². The Bertz CT molecular complexity index is 1770. The number of hydrogen-bond acceptors (Lipinski definition) is 5. The normalized spacial score (nSPS) is 17.0. The van der Waals surface area contributed by atoms with Crippen molar-refractivity contribution in [3.05, 3.63) is 107 Å². The number of H-pyrrole nitrogens is 1. The maximum absolute atomic E-state index is 13.8. The van der Waals surface area contributed by atoms with Crippen LogP contribution in [0, 0.1) is 5.82 Å². The standard InChI is InChI=1S/C30H23FN4O3/c1-34(2)22-12-9-18(10-13-22)26-25(27(36)20-8-7-17-5-3-4-6-19(17)15-20)28(37)29(38)35(26)30-32-23-14-11-21(31)16-24(23)33-30/h3-16,26,36H,1-2H3,(H,32,33)/b27-25+. The number of benzene rings is 4. The van der Waals surface area contributed by atoms with Crippen molar-refractivity contribution in [3.8, 4) is 0 Å². The molecule has 1 aliphatic heterocycles. The van der Waals surface area contributed by atoms with E-state index in [0.29, 0.717) is 22.2 Å². The molecule has 1 fully saturated rings. The number of nitrogens with one attached hydrogen (secondary N) is 1. The van der Waals surface area contributed by atoms with Gasteiger partial charge in [0.25, 0.3) is 5.78 Å². The summed E-state index contributed by atoms with van der Waals surface area (Å²) in [5, 5.41) is 13.3. The zero-order chi connectivity index (χ0) is 26.6. The van der Waals surface area contributed by atoms with Crippen LogP contribution in [0.1, 0.15) is 17.2 Å². The van der Waals surface area contributed by atoms with Crippen LogP contribution in [0.4, 0.5) is 16.0 Å². The average molecular weight is 507 g/mol. The van der Waals surface area contributed by atoms with E-state index in [1.54, 1.807) is 12.1 Å². The zero-order valence-corrected chi connectivity index (χ0v) is 20.6. The fourth-order valence-corrected chi connectivity index (χ4v) is 4.90.